The third-order valence-corrected chi connectivity index (χ3v) is 3.74. The van der Waals surface area contributed by atoms with Crippen LogP contribution in [0.3, 0.4) is 0 Å². The molecule has 1 aromatic carbocycles. The van der Waals surface area contributed by atoms with Gasteiger partial charge in [-0.25, -0.2) is 4.39 Å². The maximum absolute atomic E-state index is 13.6. The van der Waals surface area contributed by atoms with Crippen molar-refractivity contribution in [3.05, 3.63) is 29.6 Å². The predicted octanol–water partition coefficient (Wildman–Crippen LogP) is 1.47. The van der Waals surface area contributed by atoms with Gasteiger partial charge in [0.2, 0.25) is 5.91 Å². The van der Waals surface area contributed by atoms with Crippen LogP contribution in [0.25, 0.3) is 0 Å². The summed E-state index contributed by atoms with van der Waals surface area (Å²) in [6, 6.07) is 4.62. The van der Waals surface area contributed by atoms with Gasteiger partial charge in [-0.1, -0.05) is 6.07 Å². The van der Waals surface area contributed by atoms with E-state index in [1.807, 2.05) is 0 Å². The maximum Gasteiger partial charge on any atom is 0.306 e. The Morgan fingerprint density at radius 3 is 2.91 bits per heavy atom. The van der Waals surface area contributed by atoms with Crippen LogP contribution in [0, 0.1) is 5.82 Å². The van der Waals surface area contributed by atoms with E-state index in [1.54, 1.807) is 11.0 Å². The van der Waals surface area contributed by atoms with Crippen LogP contribution in [0.1, 0.15) is 18.4 Å². The molecule has 1 aliphatic rings. The Balaban J connectivity index is 1.86. The van der Waals surface area contributed by atoms with Gasteiger partial charge in [0.1, 0.15) is 0 Å². The van der Waals surface area contributed by atoms with E-state index in [4.69, 9.17) is 14.6 Å². The van der Waals surface area contributed by atoms with Gasteiger partial charge in [-0.15, -0.1) is 0 Å². The van der Waals surface area contributed by atoms with Crippen molar-refractivity contribution in [2.75, 3.05) is 26.8 Å². The lowest BCUT2D eigenvalue weighted by Crippen LogP contribution is -2.46. The minimum atomic E-state index is -0.946. The summed E-state index contributed by atoms with van der Waals surface area (Å²) in [5, 5.41) is 8.78. The third-order valence-electron chi connectivity index (χ3n) is 3.74. The first-order valence-corrected chi connectivity index (χ1v) is 7.43. The number of morpholine rings is 1. The van der Waals surface area contributed by atoms with E-state index < -0.39 is 17.9 Å². The quantitative estimate of drug-likeness (QED) is 0.857. The van der Waals surface area contributed by atoms with Crippen molar-refractivity contribution < 1.29 is 28.6 Å². The summed E-state index contributed by atoms with van der Waals surface area (Å²) in [6.07, 6.45) is 0.0725. The monoisotopic (exact) mass is 325 g/mol. The molecule has 2 rings (SSSR count). The second-order valence-corrected chi connectivity index (χ2v) is 5.40. The van der Waals surface area contributed by atoms with Crippen LogP contribution in [0.2, 0.25) is 0 Å². The van der Waals surface area contributed by atoms with E-state index in [0.717, 1.165) is 0 Å². The number of aliphatic carboxylic acids is 1. The lowest BCUT2D eigenvalue weighted by atomic mass is 10.1. The first-order valence-electron chi connectivity index (χ1n) is 7.43. The Morgan fingerprint density at radius 2 is 2.26 bits per heavy atom. The van der Waals surface area contributed by atoms with Crippen molar-refractivity contribution in [3.8, 4) is 5.75 Å². The molecule has 1 saturated heterocycles. The van der Waals surface area contributed by atoms with Crippen molar-refractivity contribution in [1.82, 2.24) is 4.90 Å². The van der Waals surface area contributed by atoms with E-state index >= 15 is 0 Å². The molecule has 1 amide bonds. The lowest BCUT2D eigenvalue weighted by molar-refractivity contribution is -0.147. The number of carboxylic acids is 1. The molecule has 126 valence electrons. The largest absolute Gasteiger partial charge is 0.494 e. The number of halogens is 1. The molecule has 1 heterocycles. The summed E-state index contributed by atoms with van der Waals surface area (Å²) in [6.45, 7) is 1.06. The molecule has 7 heteroatoms. The first-order chi connectivity index (χ1) is 11.0. The fraction of sp³-hybridized carbons (Fsp3) is 0.500. The van der Waals surface area contributed by atoms with Gasteiger partial charge in [-0.05, 0) is 24.1 Å². The van der Waals surface area contributed by atoms with Crippen LogP contribution in [0.4, 0.5) is 4.39 Å². The zero-order valence-electron chi connectivity index (χ0n) is 13.0. The van der Waals surface area contributed by atoms with Gasteiger partial charge >= 0.3 is 5.97 Å². The van der Waals surface area contributed by atoms with E-state index in [0.29, 0.717) is 25.1 Å². The van der Waals surface area contributed by atoms with Crippen molar-refractivity contribution in [2.45, 2.75) is 25.4 Å². The Labute approximate surface area is 133 Å². The number of methoxy groups -OCH3 is 1. The first kappa shape index (κ1) is 17.2. The molecule has 23 heavy (non-hydrogen) atoms. The van der Waals surface area contributed by atoms with Crippen LogP contribution < -0.4 is 4.74 Å². The molecule has 0 aromatic heterocycles. The Kier molecular flexibility index (Phi) is 5.92. The fourth-order valence-electron chi connectivity index (χ4n) is 2.54. The maximum atomic E-state index is 13.6. The molecule has 1 atom stereocenters. The molecule has 1 aliphatic heterocycles. The number of aryl methyl sites for hydroxylation is 1. The van der Waals surface area contributed by atoms with Gasteiger partial charge in [0.25, 0.3) is 0 Å². The molecule has 0 saturated carbocycles. The number of carbonyl (C=O) groups is 2. The minimum Gasteiger partial charge on any atom is -0.494 e. The summed E-state index contributed by atoms with van der Waals surface area (Å²) < 4.78 is 23.8. The summed E-state index contributed by atoms with van der Waals surface area (Å²) in [5.74, 6) is -1.31. The molecule has 6 nitrogen and oxygen atoms in total. The third kappa shape index (κ3) is 4.92. The van der Waals surface area contributed by atoms with Gasteiger partial charge in [0.15, 0.2) is 11.6 Å². The van der Waals surface area contributed by atoms with Crippen molar-refractivity contribution in [1.29, 1.82) is 0 Å². The van der Waals surface area contributed by atoms with Crippen molar-refractivity contribution >= 4 is 11.9 Å². The van der Waals surface area contributed by atoms with Crippen LogP contribution in [0.15, 0.2) is 18.2 Å². The van der Waals surface area contributed by atoms with Gasteiger partial charge in [-0.3, -0.25) is 9.59 Å². The van der Waals surface area contributed by atoms with Crippen LogP contribution in [0.5, 0.6) is 5.75 Å². The minimum absolute atomic E-state index is 0.0834. The molecule has 0 spiro atoms. The number of carboxylic acid groups (broad SMARTS) is 1. The van der Waals surface area contributed by atoms with Gasteiger partial charge in [0.05, 0.1) is 26.2 Å². The van der Waals surface area contributed by atoms with Gasteiger partial charge < -0.3 is 19.5 Å². The Morgan fingerprint density at radius 1 is 1.48 bits per heavy atom. The SMILES string of the molecule is COc1ccc(CCC(=O)N2CCOC(CC(=O)O)C2)cc1F. The number of rotatable bonds is 6. The number of carbonyl (C=O) groups excluding carboxylic acids is 1. The van der Waals surface area contributed by atoms with Gasteiger partial charge in [0, 0.05) is 19.5 Å². The van der Waals surface area contributed by atoms with Crippen molar-refractivity contribution in [2.24, 2.45) is 0 Å². The number of hydrogen-bond acceptors (Lipinski definition) is 4. The highest BCUT2D eigenvalue weighted by Gasteiger charge is 2.25. The van der Waals surface area contributed by atoms with E-state index in [-0.39, 0.29) is 31.0 Å². The molecule has 1 aromatic rings. The molecular weight excluding hydrogens is 305 g/mol. The number of hydrogen-bond donors (Lipinski definition) is 1. The molecule has 0 aliphatic carbocycles. The van der Waals surface area contributed by atoms with E-state index in [9.17, 15) is 14.0 Å². The number of amides is 1. The normalized spacial score (nSPS) is 17.8. The highest BCUT2D eigenvalue weighted by Crippen LogP contribution is 2.19. The predicted molar refractivity (Wildman–Crippen MR) is 79.8 cm³/mol. The molecule has 1 fully saturated rings. The zero-order valence-corrected chi connectivity index (χ0v) is 13.0. The van der Waals surface area contributed by atoms with Crippen LogP contribution in [-0.4, -0.2) is 54.8 Å². The van der Waals surface area contributed by atoms with Crippen molar-refractivity contribution in [3.63, 3.8) is 0 Å². The summed E-state index contributed by atoms with van der Waals surface area (Å²) in [7, 11) is 1.40. The second-order valence-electron chi connectivity index (χ2n) is 5.40. The summed E-state index contributed by atoms with van der Waals surface area (Å²) >= 11 is 0. The van der Waals surface area contributed by atoms with Gasteiger partial charge in [-0.2, -0.15) is 0 Å². The standard InChI is InChI=1S/C16H20FNO5/c1-22-14-4-2-11(8-13(14)17)3-5-15(19)18-6-7-23-12(10-18)9-16(20)21/h2,4,8,12H,3,5-7,9-10H2,1H3,(H,20,21). The topological polar surface area (TPSA) is 76.1 Å². The Hall–Kier alpha value is -2.15. The highest BCUT2D eigenvalue weighted by molar-refractivity contribution is 5.76. The average Bonchev–Trinajstić information content (AvgIpc) is 2.52. The zero-order chi connectivity index (χ0) is 16.8. The molecule has 1 unspecified atom stereocenters. The fourth-order valence-corrected chi connectivity index (χ4v) is 2.54. The number of ether oxygens (including phenoxy) is 2. The Bertz CT molecular complexity index is 578. The van der Waals surface area contributed by atoms with E-state index in [1.165, 1.54) is 19.2 Å². The smallest absolute Gasteiger partial charge is 0.306 e. The van der Waals surface area contributed by atoms with Crippen LogP contribution in [-0.2, 0) is 20.7 Å². The summed E-state index contributed by atoms with van der Waals surface area (Å²) in [5.41, 5.74) is 0.715. The molecule has 0 bridgehead atoms. The number of benzene rings is 1. The molecule has 0 radical (unpaired) electrons. The summed E-state index contributed by atoms with van der Waals surface area (Å²) in [4.78, 5) is 24.5. The van der Waals surface area contributed by atoms with E-state index in [2.05, 4.69) is 0 Å². The van der Waals surface area contributed by atoms with Crippen LogP contribution >= 0.6 is 0 Å². The lowest BCUT2D eigenvalue weighted by Gasteiger charge is -2.32. The second kappa shape index (κ2) is 7.92. The number of nitrogens with zero attached hydrogens (tertiary/aromatic N) is 1. The average molecular weight is 325 g/mol. The highest BCUT2D eigenvalue weighted by atomic mass is 19.1. The molecule has 1 N–H and O–H groups in total. The molecular formula is C16H20FNO5.